The van der Waals surface area contributed by atoms with Gasteiger partial charge < -0.3 is 25.7 Å². The van der Waals surface area contributed by atoms with Gasteiger partial charge in [-0.2, -0.15) is 5.43 Å². The molecule has 0 saturated carbocycles. The minimum atomic E-state index is -0.973. The quantitative estimate of drug-likeness (QED) is 0.390. The summed E-state index contributed by atoms with van der Waals surface area (Å²) in [6, 6.07) is 3.52. The number of phenolic OH excluding ortho intramolecular Hbond substituents is 2. The minimum Gasteiger partial charge on any atom is -0.785 e. The van der Waals surface area contributed by atoms with Crippen molar-refractivity contribution in [1.82, 2.24) is 10.5 Å². The molecular formula is C11H14N3O5-. The zero-order valence-electron chi connectivity index (χ0n) is 10.1. The van der Waals surface area contributed by atoms with Gasteiger partial charge in [-0.1, -0.05) is 0 Å². The number of quaternary nitrogens is 1. The van der Waals surface area contributed by atoms with E-state index in [1.165, 1.54) is 6.07 Å². The third kappa shape index (κ3) is 3.12. The summed E-state index contributed by atoms with van der Waals surface area (Å²) < 4.78 is -0.973. The molecule has 1 aromatic rings. The fourth-order valence-electron chi connectivity index (χ4n) is 1.80. The van der Waals surface area contributed by atoms with Gasteiger partial charge in [-0.25, -0.2) is 0 Å². The van der Waals surface area contributed by atoms with Crippen LogP contribution in [0.3, 0.4) is 0 Å². The smallest absolute Gasteiger partial charge is 0.296 e. The van der Waals surface area contributed by atoms with Crippen LogP contribution in [0, 0.1) is 10.4 Å². The molecule has 1 aromatic carbocycles. The van der Waals surface area contributed by atoms with Crippen LogP contribution >= 0.6 is 0 Å². The lowest BCUT2D eigenvalue weighted by Gasteiger charge is -2.48. The van der Waals surface area contributed by atoms with Crippen molar-refractivity contribution in [3.05, 3.63) is 34.2 Å². The van der Waals surface area contributed by atoms with Gasteiger partial charge in [0.05, 0.1) is 0 Å². The maximum absolute atomic E-state index is 12.1. The van der Waals surface area contributed by atoms with E-state index in [2.05, 4.69) is 5.43 Å². The molecule has 104 valence electrons. The number of hydroxylamine groups is 4. The van der Waals surface area contributed by atoms with Crippen LogP contribution in [0.15, 0.2) is 18.2 Å². The first kappa shape index (κ1) is 13.6. The zero-order valence-corrected chi connectivity index (χ0v) is 10.1. The summed E-state index contributed by atoms with van der Waals surface area (Å²) in [5, 5.41) is 42.3. The summed E-state index contributed by atoms with van der Waals surface area (Å²) in [6.07, 6.45) is 0. The molecule has 0 aliphatic carbocycles. The predicted molar refractivity (Wildman–Crippen MR) is 65.5 cm³/mol. The summed E-state index contributed by atoms with van der Waals surface area (Å²) in [4.78, 5) is 11.9. The first-order chi connectivity index (χ1) is 8.89. The third-order valence-corrected chi connectivity index (χ3v) is 2.96. The molecule has 0 unspecified atom stereocenters. The molecule has 1 heterocycles. The molecule has 8 heteroatoms. The Labute approximate surface area is 109 Å². The van der Waals surface area contributed by atoms with Gasteiger partial charge >= 0.3 is 0 Å². The number of carbonyl (C=O) groups is 1. The van der Waals surface area contributed by atoms with E-state index in [-0.39, 0.29) is 37.5 Å². The first-order valence-corrected chi connectivity index (χ1v) is 5.74. The van der Waals surface area contributed by atoms with Gasteiger partial charge in [0, 0.05) is 18.7 Å². The average Bonchev–Trinajstić information content (AvgIpc) is 2.36. The van der Waals surface area contributed by atoms with Crippen LogP contribution in [0.4, 0.5) is 0 Å². The maximum Gasteiger partial charge on any atom is 0.296 e. The standard InChI is InChI=1S/C11H14N3O5/c15-9-2-1-8(7-10(9)16)11(17)12-14(19)5-3-13(18)4-6-14/h1-2,7,15-16H,3-6H2,(H,12,17)/q-1. The van der Waals surface area contributed by atoms with Crippen LogP contribution in [-0.2, 0) is 0 Å². The van der Waals surface area contributed by atoms with Crippen LogP contribution < -0.4 is 5.43 Å². The van der Waals surface area contributed by atoms with E-state index in [1.54, 1.807) is 0 Å². The van der Waals surface area contributed by atoms with Gasteiger partial charge in [-0.3, -0.25) is 9.55 Å². The van der Waals surface area contributed by atoms with Crippen molar-refractivity contribution < 1.29 is 19.8 Å². The van der Waals surface area contributed by atoms with Gasteiger partial charge in [0.15, 0.2) is 11.5 Å². The van der Waals surface area contributed by atoms with Crippen LogP contribution in [0.5, 0.6) is 11.5 Å². The van der Waals surface area contributed by atoms with Crippen molar-refractivity contribution in [2.45, 2.75) is 0 Å². The Kier molecular flexibility index (Phi) is 3.58. The van der Waals surface area contributed by atoms with E-state index < -0.39 is 16.4 Å². The highest BCUT2D eigenvalue weighted by Crippen LogP contribution is 2.25. The number of rotatable bonds is 2. The number of amides is 1. The number of nitrogens with zero attached hydrogens (tertiary/aromatic N) is 2. The number of piperazine rings is 1. The highest BCUT2D eigenvalue weighted by Gasteiger charge is 2.25. The largest absolute Gasteiger partial charge is 0.785 e. The van der Waals surface area contributed by atoms with Crippen molar-refractivity contribution in [2.24, 2.45) is 0 Å². The van der Waals surface area contributed by atoms with E-state index in [9.17, 15) is 20.3 Å². The Balaban J connectivity index is 2.06. The second kappa shape index (κ2) is 5.02. The Hall–Kier alpha value is -1.87. The second-order valence-corrected chi connectivity index (χ2v) is 4.41. The molecule has 1 fully saturated rings. The maximum atomic E-state index is 12.1. The average molecular weight is 268 g/mol. The predicted octanol–water partition coefficient (Wildman–Crippen LogP) is -0.129. The third-order valence-electron chi connectivity index (χ3n) is 2.96. The molecule has 0 spiro atoms. The van der Waals surface area contributed by atoms with Crippen molar-refractivity contribution >= 4 is 5.91 Å². The van der Waals surface area contributed by atoms with Crippen LogP contribution in [-0.4, -0.2) is 52.1 Å². The Morgan fingerprint density at radius 1 is 1.26 bits per heavy atom. The van der Waals surface area contributed by atoms with Crippen molar-refractivity contribution in [3.63, 3.8) is 0 Å². The van der Waals surface area contributed by atoms with Crippen molar-refractivity contribution in [1.29, 1.82) is 0 Å². The molecule has 1 aliphatic rings. The molecule has 1 aliphatic heterocycles. The number of phenols is 2. The van der Waals surface area contributed by atoms with Gasteiger partial charge in [0.2, 0.25) is 0 Å². The molecule has 19 heavy (non-hydrogen) atoms. The molecule has 0 radical (unpaired) electrons. The number of hydrogen-bond acceptors (Lipinski definition) is 6. The first-order valence-electron chi connectivity index (χ1n) is 5.74. The fourth-order valence-corrected chi connectivity index (χ4v) is 1.80. The van der Waals surface area contributed by atoms with Gasteiger partial charge in [0.25, 0.3) is 5.91 Å². The number of aromatic hydroxyl groups is 2. The van der Waals surface area contributed by atoms with E-state index in [1.807, 2.05) is 0 Å². The van der Waals surface area contributed by atoms with Crippen LogP contribution in [0.1, 0.15) is 10.4 Å². The van der Waals surface area contributed by atoms with Gasteiger partial charge in [0.1, 0.15) is 13.1 Å². The van der Waals surface area contributed by atoms with E-state index in [4.69, 9.17) is 5.11 Å². The Morgan fingerprint density at radius 2 is 1.89 bits per heavy atom. The molecule has 1 saturated heterocycles. The molecule has 0 bridgehead atoms. The lowest BCUT2D eigenvalue weighted by molar-refractivity contribution is -0.918. The van der Waals surface area contributed by atoms with Gasteiger partial charge in [-0.05, 0) is 18.2 Å². The molecule has 3 N–H and O–H groups in total. The number of nitrogens with one attached hydrogen (secondary N) is 1. The highest BCUT2D eigenvalue weighted by molar-refractivity contribution is 5.94. The summed E-state index contributed by atoms with van der Waals surface area (Å²) in [7, 11) is 0. The van der Waals surface area contributed by atoms with Gasteiger partial charge in [-0.15, -0.1) is 0 Å². The Bertz CT molecular complexity index is 485. The Morgan fingerprint density at radius 3 is 2.47 bits per heavy atom. The summed E-state index contributed by atoms with van der Waals surface area (Å²) in [5.74, 6) is -1.44. The molecular weight excluding hydrogens is 254 g/mol. The highest BCUT2D eigenvalue weighted by atomic mass is 16.6. The second-order valence-electron chi connectivity index (χ2n) is 4.41. The van der Waals surface area contributed by atoms with E-state index in [0.29, 0.717) is 0 Å². The molecule has 0 aromatic heterocycles. The van der Waals surface area contributed by atoms with E-state index in [0.717, 1.165) is 17.2 Å². The fraction of sp³-hybridized carbons (Fsp3) is 0.364. The number of carbonyl (C=O) groups excluding carboxylic acids is 1. The topological polar surface area (TPSA) is 119 Å². The molecule has 2 rings (SSSR count). The van der Waals surface area contributed by atoms with Crippen LogP contribution in [0.25, 0.3) is 0 Å². The van der Waals surface area contributed by atoms with E-state index >= 15 is 0 Å². The monoisotopic (exact) mass is 268 g/mol. The number of benzene rings is 1. The SMILES string of the molecule is O=C(N[N+]1([O-])CCN([O-])CC1)c1ccc(O)c(O)c1. The molecule has 0 atom stereocenters. The minimum absolute atomic E-state index is 0.0285. The summed E-state index contributed by atoms with van der Waals surface area (Å²) >= 11 is 0. The summed E-state index contributed by atoms with van der Waals surface area (Å²) in [6.45, 7) is 0.0633. The van der Waals surface area contributed by atoms with Crippen molar-refractivity contribution in [2.75, 3.05) is 26.2 Å². The molecule has 8 nitrogen and oxygen atoms in total. The lowest BCUT2D eigenvalue weighted by Crippen LogP contribution is -2.63. The van der Waals surface area contributed by atoms with Crippen LogP contribution in [0.2, 0.25) is 0 Å². The molecule has 1 amide bonds. The van der Waals surface area contributed by atoms with Crippen molar-refractivity contribution in [3.8, 4) is 11.5 Å². The zero-order chi connectivity index (χ0) is 14.0. The lowest BCUT2D eigenvalue weighted by atomic mass is 10.2. The number of hydrogen-bond donors (Lipinski definition) is 3. The summed E-state index contributed by atoms with van der Waals surface area (Å²) in [5.41, 5.74) is 2.33. The normalized spacial score (nSPS) is 19.1.